The minimum atomic E-state index is -0.323. The number of hydrogen-bond acceptors (Lipinski definition) is 5. The molecule has 2 aliphatic heterocycles. The Hall–Kier alpha value is -1.99. The normalized spacial score (nSPS) is 27.4. The fraction of sp³-hybridized carbons (Fsp3) is 0.650. The fourth-order valence-corrected chi connectivity index (χ4v) is 4.44. The van der Waals surface area contributed by atoms with E-state index in [1.54, 1.807) is 0 Å². The number of aliphatic hydroxyl groups is 1. The first-order valence-corrected chi connectivity index (χ1v) is 9.89. The molecule has 7 heteroatoms. The predicted octanol–water partition coefficient (Wildman–Crippen LogP) is 2.14. The average molecular weight is 375 g/mol. The minimum Gasteiger partial charge on any atom is -0.490 e. The van der Waals surface area contributed by atoms with E-state index in [-0.39, 0.29) is 17.4 Å². The molecule has 3 aliphatic rings. The van der Waals surface area contributed by atoms with Crippen LogP contribution in [0.15, 0.2) is 23.2 Å². The van der Waals surface area contributed by atoms with Crippen LogP contribution >= 0.6 is 0 Å². The van der Waals surface area contributed by atoms with E-state index in [0.717, 1.165) is 62.5 Å². The van der Waals surface area contributed by atoms with Crippen LogP contribution in [0.1, 0.15) is 32.1 Å². The zero-order chi connectivity index (χ0) is 18.7. The van der Waals surface area contributed by atoms with E-state index in [9.17, 15) is 5.11 Å². The molecule has 1 saturated heterocycles. The number of aliphatic hydroxyl groups excluding tert-OH is 1. The fourth-order valence-electron chi connectivity index (χ4n) is 4.44. The summed E-state index contributed by atoms with van der Waals surface area (Å²) in [6.45, 7) is 3.35. The molecule has 0 amide bonds. The molecule has 27 heavy (non-hydrogen) atoms. The summed E-state index contributed by atoms with van der Waals surface area (Å²) >= 11 is 0. The van der Waals surface area contributed by atoms with Gasteiger partial charge in [-0.15, -0.1) is 0 Å². The van der Waals surface area contributed by atoms with Gasteiger partial charge >= 0.3 is 0 Å². The lowest BCUT2D eigenvalue weighted by atomic mass is 9.76. The molecular weight excluding hydrogens is 346 g/mol. The quantitative estimate of drug-likeness (QED) is 0.553. The maximum atomic E-state index is 10.8. The Kier molecular flexibility index (Phi) is 5.41. The van der Waals surface area contributed by atoms with Crippen LogP contribution < -0.4 is 20.5 Å². The highest BCUT2D eigenvalue weighted by atomic mass is 16.5. The molecule has 0 radical (unpaired) electrons. The molecule has 2 heterocycles. The monoisotopic (exact) mass is 375 g/mol. The number of benzene rings is 1. The Labute approximate surface area is 159 Å². The molecule has 1 spiro atoms. The van der Waals surface area contributed by atoms with E-state index in [4.69, 9.17) is 19.9 Å². The van der Waals surface area contributed by atoms with Gasteiger partial charge in [0, 0.05) is 49.3 Å². The number of rotatable bonds is 3. The van der Waals surface area contributed by atoms with Gasteiger partial charge in [-0.2, -0.15) is 0 Å². The molecule has 1 aliphatic carbocycles. The third kappa shape index (κ3) is 3.99. The van der Waals surface area contributed by atoms with Gasteiger partial charge in [0.1, 0.15) is 0 Å². The molecule has 1 aromatic rings. The number of aliphatic imine (C=N–C) groups is 1. The van der Waals surface area contributed by atoms with E-state index in [0.29, 0.717) is 25.7 Å². The second-order valence-corrected chi connectivity index (χ2v) is 7.78. The lowest BCUT2D eigenvalue weighted by molar-refractivity contribution is -0.0548. The van der Waals surface area contributed by atoms with Gasteiger partial charge in [-0.1, -0.05) is 0 Å². The standard InChI is InChI=1S/C20H29N3O4/c21-19(23-15-2-3-16-17(12-15)27-9-1-8-26-16)22-13-14-4-5-20(18(14)24)6-10-25-11-7-20/h2-3,12,14,18,24H,1,4-11,13H2,(H3,21,22,23). The molecule has 7 nitrogen and oxygen atoms in total. The summed E-state index contributed by atoms with van der Waals surface area (Å²) in [6, 6.07) is 5.66. The molecule has 2 fully saturated rings. The Balaban J connectivity index is 1.35. The van der Waals surface area contributed by atoms with Crippen LogP contribution in [-0.2, 0) is 4.74 Å². The summed E-state index contributed by atoms with van der Waals surface area (Å²) in [4.78, 5) is 4.48. The van der Waals surface area contributed by atoms with Crippen molar-refractivity contribution in [3.8, 4) is 11.5 Å². The average Bonchev–Trinajstić information content (AvgIpc) is 2.86. The number of fused-ring (bicyclic) bond motifs is 1. The summed E-state index contributed by atoms with van der Waals surface area (Å²) in [7, 11) is 0. The van der Waals surface area contributed by atoms with Gasteiger partial charge in [0.2, 0.25) is 0 Å². The van der Waals surface area contributed by atoms with Crippen LogP contribution in [0.5, 0.6) is 11.5 Å². The van der Waals surface area contributed by atoms with Crippen LogP contribution in [-0.4, -0.2) is 50.1 Å². The molecule has 0 aromatic heterocycles. The smallest absolute Gasteiger partial charge is 0.193 e. The number of nitrogens with zero attached hydrogens (tertiary/aromatic N) is 1. The number of nitrogens with two attached hydrogens (primary N) is 1. The lowest BCUT2D eigenvalue weighted by Crippen LogP contribution is -2.39. The first kappa shape index (κ1) is 18.4. The van der Waals surface area contributed by atoms with Crippen LogP contribution in [0.4, 0.5) is 5.69 Å². The highest BCUT2D eigenvalue weighted by Gasteiger charge is 2.47. The second kappa shape index (κ2) is 7.94. The third-order valence-electron chi connectivity index (χ3n) is 6.09. The maximum absolute atomic E-state index is 10.8. The first-order chi connectivity index (χ1) is 13.2. The van der Waals surface area contributed by atoms with E-state index in [1.165, 1.54) is 0 Å². The van der Waals surface area contributed by atoms with Crippen molar-refractivity contribution in [3.63, 3.8) is 0 Å². The van der Waals surface area contributed by atoms with Gasteiger partial charge in [0.25, 0.3) is 0 Å². The second-order valence-electron chi connectivity index (χ2n) is 7.78. The summed E-state index contributed by atoms with van der Waals surface area (Å²) < 4.78 is 16.8. The summed E-state index contributed by atoms with van der Waals surface area (Å²) in [5.74, 6) is 1.99. The number of nitrogens with one attached hydrogen (secondary N) is 1. The van der Waals surface area contributed by atoms with Gasteiger partial charge in [0.05, 0.1) is 19.3 Å². The van der Waals surface area contributed by atoms with Crippen molar-refractivity contribution >= 4 is 11.6 Å². The van der Waals surface area contributed by atoms with Gasteiger partial charge in [-0.3, -0.25) is 4.99 Å². The van der Waals surface area contributed by atoms with Gasteiger partial charge in [-0.05, 0) is 37.8 Å². The van der Waals surface area contributed by atoms with Crippen molar-refractivity contribution in [2.24, 2.45) is 22.1 Å². The van der Waals surface area contributed by atoms with Gasteiger partial charge in [-0.25, -0.2) is 0 Å². The van der Waals surface area contributed by atoms with Crippen LogP contribution in [0.2, 0.25) is 0 Å². The molecule has 1 aromatic carbocycles. The van der Waals surface area contributed by atoms with Crippen LogP contribution in [0.25, 0.3) is 0 Å². The highest BCUT2D eigenvalue weighted by molar-refractivity contribution is 5.92. The van der Waals surface area contributed by atoms with Crippen molar-refractivity contribution in [1.82, 2.24) is 0 Å². The Morgan fingerprint density at radius 2 is 1.93 bits per heavy atom. The van der Waals surface area contributed by atoms with E-state index in [1.807, 2.05) is 18.2 Å². The molecule has 1 saturated carbocycles. The van der Waals surface area contributed by atoms with Crippen molar-refractivity contribution < 1.29 is 19.3 Å². The summed E-state index contributed by atoms with van der Waals surface area (Å²) in [5, 5.41) is 13.9. The van der Waals surface area contributed by atoms with E-state index in [2.05, 4.69) is 10.3 Å². The van der Waals surface area contributed by atoms with Crippen molar-refractivity contribution in [3.05, 3.63) is 18.2 Å². The minimum absolute atomic E-state index is 0.0228. The Morgan fingerprint density at radius 3 is 2.74 bits per heavy atom. The number of guanidine groups is 1. The largest absolute Gasteiger partial charge is 0.490 e. The zero-order valence-corrected chi connectivity index (χ0v) is 15.7. The zero-order valence-electron chi connectivity index (χ0n) is 15.7. The topological polar surface area (TPSA) is 98.3 Å². The molecule has 4 rings (SSSR count). The highest BCUT2D eigenvalue weighted by Crippen LogP contribution is 2.48. The Bertz CT molecular complexity index is 688. The number of anilines is 1. The number of ether oxygens (including phenoxy) is 3. The lowest BCUT2D eigenvalue weighted by Gasteiger charge is -2.37. The van der Waals surface area contributed by atoms with Crippen molar-refractivity contribution in [2.75, 3.05) is 38.3 Å². The van der Waals surface area contributed by atoms with Crippen molar-refractivity contribution in [1.29, 1.82) is 0 Å². The summed E-state index contributed by atoms with van der Waals surface area (Å²) in [6.07, 6.45) is 4.47. The SMILES string of the molecule is NC(=NCC1CCC2(CCOCC2)C1O)Nc1ccc2c(c1)OCCCO2. The predicted molar refractivity (Wildman–Crippen MR) is 103 cm³/mol. The molecule has 2 atom stereocenters. The molecule has 4 N–H and O–H groups in total. The first-order valence-electron chi connectivity index (χ1n) is 9.89. The molecule has 2 unspecified atom stereocenters. The number of hydrogen-bond donors (Lipinski definition) is 3. The van der Waals surface area contributed by atoms with Crippen molar-refractivity contribution in [2.45, 2.75) is 38.2 Å². The molecular formula is C20H29N3O4. The van der Waals surface area contributed by atoms with Crippen LogP contribution in [0.3, 0.4) is 0 Å². The van der Waals surface area contributed by atoms with Crippen LogP contribution in [0, 0.1) is 11.3 Å². The van der Waals surface area contributed by atoms with Gasteiger partial charge < -0.3 is 30.4 Å². The molecule has 0 bridgehead atoms. The van der Waals surface area contributed by atoms with E-state index < -0.39 is 0 Å². The third-order valence-corrected chi connectivity index (χ3v) is 6.09. The Morgan fingerprint density at radius 1 is 1.15 bits per heavy atom. The maximum Gasteiger partial charge on any atom is 0.193 e. The van der Waals surface area contributed by atoms with Gasteiger partial charge in [0.15, 0.2) is 17.5 Å². The molecule has 148 valence electrons. The van der Waals surface area contributed by atoms with E-state index >= 15 is 0 Å². The summed E-state index contributed by atoms with van der Waals surface area (Å²) in [5.41, 5.74) is 6.91.